The lowest BCUT2D eigenvalue weighted by atomic mass is 10.3. The quantitative estimate of drug-likeness (QED) is 0.741. The number of hydrogen-bond donors (Lipinski definition) is 1. The molecule has 2 heterocycles. The van der Waals surface area contributed by atoms with Gasteiger partial charge in [0.05, 0.1) is 18.5 Å². The van der Waals surface area contributed by atoms with Crippen LogP contribution in [0.2, 0.25) is 0 Å². The van der Waals surface area contributed by atoms with Gasteiger partial charge in [0.25, 0.3) is 0 Å². The van der Waals surface area contributed by atoms with E-state index in [1.807, 2.05) is 19.1 Å². The first-order valence-electron chi connectivity index (χ1n) is 6.48. The highest BCUT2D eigenvalue weighted by molar-refractivity contribution is 5.29. The molecule has 20 heavy (non-hydrogen) atoms. The fourth-order valence-electron chi connectivity index (χ4n) is 1.70. The van der Waals surface area contributed by atoms with Crippen LogP contribution in [-0.2, 0) is 17.9 Å². The Kier molecular flexibility index (Phi) is 5.52. The normalized spacial score (nSPS) is 10.7. The highest BCUT2D eigenvalue weighted by atomic mass is 16.5. The predicted octanol–water partition coefficient (Wildman–Crippen LogP) is 1.69. The van der Waals surface area contributed by atoms with Gasteiger partial charge < -0.3 is 19.3 Å². The molecule has 0 unspecified atom stereocenters. The average molecular weight is 277 g/mol. The molecule has 6 nitrogen and oxygen atoms in total. The summed E-state index contributed by atoms with van der Waals surface area (Å²) in [6.45, 7) is 4.37. The number of ether oxygens (including phenoxy) is 2. The van der Waals surface area contributed by atoms with Gasteiger partial charge in [-0.05, 0) is 19.1 Å². The van der Waals surface area contributed by atoms with Gasteiger partial charge in [0.1, 0.15) is 12.4 Å². The lowest BCUT2D eigenvalue weighted by Gasteiger charge is -2.11. The fourth-order valence-corrected chi connectivity index (χ4v) is 1.70. The molecule has 0 aliphatic heterocycles. The van der Waals surface area contributed by atoms with Crippen molar-refractivity contribution in [1.82, 2.24) is 15.5 Å². The van der Waals surface area contributed by atoms with E-state index in [-0.39, 0.29) is 0 Å². The van der Waals surface area contributed by atoms with Crippen LogP contribution in [0.5, 0.6) is 5.75 Å². The largest absolute Gasteiger partial charge is 0.484 e. The zero-order valence-corrected chi connectivity index (χ0v) is 11.8. The summed E-state index contributed by atoms with van der Waals surface area (Å²) in [5, 5.41) is 6.90. The summed E-state index contributed by atoms with van der Waals surface area (Å²) in [6.07, 6.45) is 1.60. The zero-order chi connectivity index (χ0) is 14.2. The second-order valence-electron chi connectivity index (χ2n) is 4.33. The van der Waals surface area contributed by atoms with Crippen LogP contribution in [-0.4, -0.2) is 30.4 Å². The van der Waals surface area contributed by atoms with E-state index >= 15 is 0 Å². The molecule has 0 amide bonds. The van der Waals surface area contributed by atoms with E-state index in [2.05, 4.69) is 15.5 Å². The molecule has 0 saturated carbocycles. The fraction of sp³-hybridized carbons (Fsp3) is 0.429. The van der Waals surface area contributed by atoms with E-state index in [1.165, 1.54) is 0 Å². The number of aryl methyl sites for hydroxylation is 1. The van der Waals surface area contributed by atoms with E-state index in [9.17, 15) is 0 Å². The van der Waals surface area contributed by atoms with Gasteiger partial charge in [0.15, 0.2) is 5.76 Å². The minimum Gasteiger partial charge on any atom is -0.484 e. The van der Waals surface area contributed by atoms with Gasteiger partial charge in [-0.3, -0.25) is 4.98 Å². The number of hydrogen-bond acceptors (Lipinski definition) is 6. The van der Waals surface area contributed by atoms with Crippen LogP contribution < -0.4 is 10.1 Å². The molecule has 0 aliphatic carbocycles. The van der Waals surface area contributed by atoms with Crippen molar-refractivity contribution in [1.29, 1.82) is 0 Å². The molecule has 1 N–H and O–H groups in total. The molecule has 2 rings (SSSR count). The van der Waals surface area contributed by atoms with Crippen LogP contribution in [0.15, 0.2) is 28.9 Å². The summed E-state index contributed by atoms with van der Waals surface area (Å²) < 4.78 is 15.7. The van der Waals surface area contributed by atoms with Crippen LogP contribution in [0.3, 0.4) is 0 Å². The summed E-state index contributed by atoms with van der Waals surface area (Å²) in [6, 6.07) is 5.62. The standard InChI is InChI=1S/C14H19N3O3/c1-11-3-4-14(19-10-12-5-6-16-20-12)13(17-11)9-15-7-8-18-2/h3-6,15H,7-10H2,1-2H3. The molecule has 0 spiro atoms. The smallest absolute Gasteiger partial charge is 0.174 e. The van der Waals surface area contributed by atoms with Crippen molar-refractivity contribution in [3.8, 4) is 5.75 Å². The Morgan fingerprint density at radius 1 is 1.30 bits per heavy atom. The van der Waals surface area contributed by atoms with Gasteiger partial charge in [-0.25, -0.2) is 0 Å². The first kappa shape index (κ1) is 14.5. The zero-order valence-electron chi connectivity index (χ0n) is 11.8. The number of rotatable bonds is 8. The maximum absolute atomic E-state index is 5.73. The van der Waals surface area contributed by atoms with Gasteiger partial charge in [-0.2, -0.15) is 0 Å². The maximum atomic E-state index is 5.73. The van der Waals surface area contributed by atoms with Crippen LogP contribution in [0.25, 0.3) is 0 Å². The monoisotopic (exact) mass is 277 g/mol. The number of nitrogens with one attached hydrogen (secondary N) is 1. The Morgan fingerprint density at radius 2 is 2.20 bits per heavy atom. The highest BCUT2D eigenvalue weighted by Gasteiger charge is 2.07. The van der Waals surface area contributed by atoms with Gasteiger partial charge >= 0.3 is 0 Å². The molecule has 0 bridgehead atoms. The van der Waals surface area contributed by atoms with Crippen molar-refractivity contribution in [2.45, 2.75) is 20.1 Å². The van der Waals surface area contributed by atoms with Crippen molar-refractivity contribution in [3.63, 3.8) is 0 Å². The molecule has 0 radical (unpaired) electrons. The molecule has 0 atom stereocenters. The van der Waals surface area contributed by atoms with Crippen molar-refractivity contribution in [2.24, 2.45) is 0 Å². The molecule has 0 aromatic carbocycles. The third-order valence-corrected chi connectivity index (χ3v) is 2.71. The summed E-state index contributed by atoms with van der Waals surface area (Å²) >= 11 is 0. The van der Waals surface area contributed by atoms with Crippen LogP contribution in [0, 0.1) is 6.92 Å². The number of methoxy groups -OCH3 is 1. The van der Waals surface area contributed by atoms with Crippen LogP contribution in [0.4, 0.5) is 0 Å². The molecule has 2 aromatic heterocycles. The van der Waals surface area contributed by atoms with Crippen molar-refractivity contribution in [3.05, 3.63) is 41.5 Å². The lowest BCUT2D eigenvalue weighted by molar-refractivity contribution is 0.198. The number of aromatic nitrogens is 2. The Morgan fingerprint density at radius 3 is 2.95 bits per heavy atom. The Labute approximate surface area is 118 Å². The molecule has 6 heteroatoms. The molecule has 108 valence electrons. The van der Waals surface area contributed by atoms with Crippen molar-refractivity contribution >= 4 is 0 Å². The van der Waals surface area contributed by atoms with E-state index < -0.39 is 0 Å². The van der Waals surface area contributed by atoms with Gasteiger partial charge in [-0.1, -0.05) is 5.16 Å². The summed E-state index contributed by atoms with van der Waals surface area (Å²) in [4.78, 5) is 4.50. The SMILES string of the molecule is COCCNCc1nc(C)ccc1OCc1ccno1. The Balaban J connectivity index is 1.95. The van der Waals surface area contributed by atoms with E-state index in [0.29, 0.717) is 25.5 Å². The number of nitrogens with zero attached hydrogens (tertiary/aromatic N) is 2. The predicted molar refractivity (Wildman–Crippen MR) is 73.4 cm³/mol. The van der Waals surface area contributed by atoms with Crippen molar-refractivity contribution in [2.75, 3.05) is 20.3 Å². The second-order valence-corrected chi connectivity index (χ2v) is 4.33. The average Bonchev–Trinajstić information content (AvgIpc) is 2.96. The molecule has 0 aliphatic rings. The molecule has 0 saturated heterocycles. The minimum absolute atomic E-state index is 0.343. The topological polar surface area (TPSA) is 69.4 Å². The molecular formula is C14H19N3O3. The molecular weight excluding hydrogens is 258 g/mol. The third-order valence-electron chi connectivity index (χ3n) is 2.71. The molecule has 2 aromatic rings. The van der Waals surface area contributed by atoms with Crippen LogP contribution in [0.1, 0.15) is 17.1 Å². The Bertz CT molecular complexity index is 514. The maximum Gasteiger partial charge on any atom is 0.174 e. The van der Waals surface area contributed by atoms with E-state index in [0.717, 1.165) is 23.7 Å². The van der Waals surface area contributed by atoms with Gasteiger partial charge in [0.2, 0.25) is 0 Å². The van der Waals surface area contributed by atoms with Crippen LogP contribution >= 0.6 is 0 Å². The summed E-state index contributed by atoms with van der Waals surface area (Å²) in [5.74, 6) is 1.43. The summed E-state index contributed by atoms with van der Waals surface area (Å²) in [5.41, 5.74) is 1.83. The van der Waals surface area contributed by atoms with Gasteiger partial charge in [-0.15, -0.1) is 0 Å². The van der Waals surface area contributed by atoms with E-state index in [4.69, 9.17) is 14.0 Å². The minimum atomic E-state index is 0.343. The first-order valence-corrected chi connectivity index (χ1v) is 6.48. The second kappa shape index (κ2) is 7.62. The summed E-state index contributed by atoms with van der Waals surface area (Å²) in [7, 11) is 1.68. The van der Waals surface area contributed by atoms with E-state index in [1.54, 1.807) is 19.4 Å². The number of pyridine rings is 1. The third kappa shape index (κ3) is 4.32. The Hall–Kier alpha value is -1.92. The molecule has 0 fully saturated rings. The first-order chi connectivity index (χ1) is 9.79. The van der Waals surface area contributed by atoms with Crippen molar-refractivity contribution < 1.29 is 14.0 Å². The van der Waals surface area contributed by atoms with Gasteiger partial charge in [0, 0.05) is 32.0 Å². The highest BCUT2D eigenvalue weighted by Crippen LogP contribution is 2.18. The lowest BCUT2D eigenvalue weighted by Crippen LogP contribution is -2.20.